The van der Waals surface area contributed by atoms with Crippen LogP contribution >= 0.6 is 0 Å². The fourth-order valence-corrected chi connectivity index (χ4v) is 3.46. The molecule has 0 N–H and O–H groups in total. The summed E-state index contributed by atoms with van der Waals surface area (Å²) in [4.78, 5) is 14.4. The third kappa shape index (κ3) is 3.48. The number of benzene rings is 2. The number of hydrogen-bond acceptors (Lipinski definition) is 4. The number of hydrogen-bond donors (Lipinski definition) is 0. The normalized spacial score (nSPS) is 15.9. The summed E-state index contributed by atoms with van der Waals surface area (Å²) in [6.45, 7) is 1.11. The molecule has 1 saturated heterocycles. The van der Waals surface area contributed by atoms with Crippen molar-refractivity contribution in [3.05, 3.63) is 42.0 Å². The van der Waals surface area contributed by atoms with E-state index in [2.05, 4.69) is 4.18 Å². The maximum Gasteiger partial charge on any atom is 0.534 e. The lowest BCUT2D eigenvalue weighted by Gasteiger charge is -2.27. The molecule has 0 aliphatic carbocycles. The molecule has 0 spiro atoms. The average molecular weight is 387 g/mol. The van der Waals surface area contributed by atoms with Crippen molar-refractivity contribution >= 4 is 26.8 Å². The molecule has 0 aromatic heterocycles. The zero-order valence-electron chi connectivity index (χ0n) is 13.6. The Balaban J connectivity index is 2.09. The quantitative estimate of drug-likeness (QED) is 0.595. The minimum absolute atomic E-state index is 0.0541. The summed E-state index contributed by atoms with van der Waals surface area (Å²) in [6.07, 6.45) is 2.71. The number of likely N-dealkylation sites (tertiary alicyclic amines) is 1. The molecule has 0 bridgehead atoms. The highest BCUT2D eigenvalue weighted by molar-refractivity contribution is 7.88. The van der Waals surface area contributed by atoms with Crippen molar-refractivity contribution in [1.82, 2.24) is 4.90 Å². The third-order valence-corrected chi connectivity index (χ3v) is 5.19. The molecule has 1 aliphatic rings. The van der Waals surface area contributed by atoms with Crippen molar-refractivity contribution in [1.29, 1.82) is 0 Å². The van der Waals surface area contributed by atoms with Crippen LogP contribution in [-0.4, -0.2) is 37.8 Å². The first kappa shape index (κ1) is 18.5. The predicted molar refractivity (Wildman–Crippen MR) is 89.3 cm³/mol. The van der Waals surface area contributed by atoms with Gasteiger partial charge in [-0.2, -0.15) is 21.6 Å². The SMILES string of the molecule is O=C(c1cccc2cccc(OS(=O)(=O)C(F)(F)F)c12)N1CCCCC1. The Morgan fingerprint density at radius 2 is 1.62 bits per heavy atom. The number of nitrogens with zero attached hydrogens (tertiary/aromatic N) is 1. The smallest absolute Gasteiger partial charge is 0.375 e. The second kappa shape index (κ2) is 6.79. The van der Waals surface area contributed by atoms with Gasteiger partial charge in [0.05, 0.1) is 5.56 Å². The summed E-state index contributed by atoms with van der Waals surface area (Å²) in [5.41, 5.74) is -5.43. The highest BCUT2D eigenvalue weighted by Gasteiger charge is 2.48. The minimum Gasteiger partial charge on any atom is -0.375 e. The zero-order chi connectivity index (χ0) is 18.9. The Bertz CT molecular complexity index is 929. The van der Waals surface area contributed by atoms with Crippen molar-refractivity contribution in [2.75, 3.05) is 13.1 Å². The van der Waals surface area contributed by atoms with Gasteiger partial charge in [0.15, 0.2) is 5.75 Å². The van der Waals surface area contributed by atoms with Gasteiger partial charge in [0.1, 0.15) is 0 Å². The van der Waals surface area contributed by atoms with Gasteiger partial charge in [-0.3, -0.25) is 4.79 Å². The van der Waals surface area contributed by atoms with Crippen LogP contribution in [0.4, 0.5) is 13.2 Å². The number of amides is 1. The number of halogens is 3. The Labute approximate surface area is 148 Å². The number of fused-ring (bicyclic) bond motifs is 1. The van der Waals surface area contributed by atoms with Crippen LogP contribution in [-0.2, 0) is 10.1 Å². The first-order chi connectivity index (χ1) is 12.2. The molecule has 1 fully saturated rings. The van der Waals surface area contributed by atoms with Gasteiger partial charge in [0.25, 0.3) is 5.91 Å². The molecule has 0 radical (unpaired) electrons. The van der Waals surface area contributed by atoms with Gasteiger partial charge in [-0.15, -0.1) is 0 Å². The molecular formula is C17H16F3NO4S. The Morgan fingerprint density at radius 1 is 1.00 bits per heavy atom. The second-order valence-electron chi connectivity index (χ2n) is 6.00. The lowest BCUT2D eigenvalue weighted by Crippen LogP contribution is -2.35. The summed E-state index contributed by atoms with van der Waals surface area (Å²) in [5, 5.41) is 0.473. The van der Waals surface area contributed by atoms with Gasteiger partial charge < -0.3 is 9.08 Å². The molecule has 0 atom stereocenters. The molecule has 1 amide bonds. The van der Waals surface area contributed by atoms with Crippen LogP contribution in [0.25, 0.3) is 10.8 Å². The molecule has 0 saturated carbocycles. The average Bonchev–Trinajstić information content (AvgIpc) is 2.60. The van der Waals surface area contributed by atoms with E-state index in [9.17, 15) is 26.4 Å². The Morgan fingerprint density at radius 3 is 2.23 bits per heavy atom. The largest absolute Gasteiger partial charge is 0.534 e. The van der Waals surface area contributed by atoms with E-state index >= 15 is 0 Å². The van der Waals surface area contributed by atoms with E-state index in [0.29, 0.717) is 18.5 Å². The van der Waals surface area contributed by atoms with Crippen molar-refractivity contribution in [3.8, 4) is 5.75 Å². The number of rotatable bonds is 3. The lowest BCUT2D eigenvalue weighted by atomic mass is 10.0. The van der Waals surface area contributed by atoms with Gasteiger partial charge in [-0.25, -0.2) is 0 Å². The van der Waals surface area contributed by atoms with E-state index in [4.69, 9.17) is 0 Å². The first-order valence-electron chi connectivity index (χ1n) is 8.02. The van der Waals surface area contributed by atoms with E-state index < -0.39 is 21.4 Å². The zero-order valence-corrected chi connectivity index (χ0v) is 14.4. The van der Waals surface area contributed by atoms with E-state index in [1.54, 1.807) is 23.1 Å². The van der Waals surface area contributed by atoms with E-state index in [1.165, 1.54) is 12.1 Å². The van der Waals surface area contributed by atoms with Crippen LogP contribution in [0.15, 0.2) is 36.4 Å². The van der Waals surface area contributed by atoms with E-state index in [0.717, 1.165) is 25.3 Å². The minimum atomic E-state index is -5.83. The highest BCUT2D eigenvalue weighted by Crippen LogP contribution is 2.34. The van der Waals surface area contributed by atoms with Gasteiger partial charge in [-0.05, 0) is 36.8 Å². The summed E-state index contributed by atoms with van der Waals surface area (Å²) >= 11 is 0. The fraction of sp³-hybridized carbons (Fsp3) is 0.353. The highest BCUT2D eigenvalue weighted by atomic mass is 32.2. The lowest BCUT2D eigenvalue weighted by molar-refractivity contribution is -0.0499. The van der Waals surface area contributed by atoms with E-state index in [1.807, 2.05) is 0 Å². The molecule has 5 nitrogen and oxygen atoms in total. The molecule has 9 heteroatoms. The number of piperidine rings is 1. The van der Waals surface area contributed by atoms with Gasteiger partial charge in [-0.1, -0.05) is 24.3 Å². The van der Waals surface area contributed by atoms with Crippen LogP contribution in [0.5, 0.6) is 5.75 Å². The standard InChI is InChI=1S/C17H16F3NO4S/c18-17(19,20)26(23,24)25-14-9-5-7-12-6-4-8-13(15(12)14)16(22)21-10-2-1-3-11-21/h4-9H,1-3,10-11H2. The summed E-state index contributed by atoms with van der Waals surface area (Å²) in [5.74, 6) is -0.864. The van der Waals surface area contributed by atoms with Crippen molar-refractivity contribution in [2.45, 2.75) is 24.8 Å². The van der Waals surface area contributed by atoms with Gasteiger partial charge in [0.2, 0.25) is 0 Å². The van der Waals surface area contributed by atoms with Gasteiger partial charge in [0, 0.05) is 18.5 Å². The molecule has 1 aliphatic heterocycles. The molecule has 3 rings (SSSR count). The van der Waals surface area contributed by atoms with Gasteiger partial charge >= 0.3 is 15.6 Å². The number of alkyl halides is 3. The molecule has 2 aromatic carbocycles. The van der Waals surface area contributed by atoms with Crippen molar-refractivity contribution < 1.29 is 30.6 Å². The summed E-state index contributed by atoms with van der Waals surface area (Å²) in [6, 6.07) is 8.70. The number of carbonyl (C=O) groups is 1. The van der Waals surface area contributed by atoms with Crippen LogP contribution in [0, 0.1) is 0 Å². The third-order valence-electron chi connectivity index (χ3n) is 4.22. The van der Waals surface area contributed by atoms with E-state index in [-0.39, 0.29) is 16.9 Å². The molecule has 140 valence electrons. The predicted octanol–water partition coefficient (Wildman–Crippen LogP) is 3.69. The fourth-order valence-electron chi connectivity index (χ4n) is 2.99. The summed E-state index contributed by atoms with van der Waals surface area (Å²) < 4.78 is 65.2. The second-order valence-corrected chi connectivity index (χ2v) is 7.53. The molecule has 26 heavy (non-hydrogen) atoms. The molecule has 2 aromatic rings. The monoisotopic (exact) mass is 387 g/mol. The molecular weight excluding hydrogens is 371 g/mol. The molecule has 0 unspecified atom stereocenters. The van der Waals surface area contributed by atoms with Crippen LogP contribution < -0.4 is 4.18 Å². The van der Waals surface area contributed by atoms with Crippen LogP contribution in [0.3, 0.4) is 0 Å². The topological polar surface area (TPSA) is 63.7 Å². The number of carbonyl (C=O) groups excluding carboxylic acids is 1. The van der Waals surface area contributed by atoms with Crippen molar-refractivity contribution in [3.63, 3.8) is 0 Å². The Hall–Kier alpha value is -2.29. The first-order valence-corrected chi connectivity index (χ1v) is 9.43. The van der Waals surface area contributed by atoms with Crippen LogP contribution in [0.1, 0.15) is 29.6 Å². The maximum atomic E-state index is 12.8. The Kier molecular flexibility index (Phi) is 4.83. The summed E-state index contributed by atoms with van der Waals surface area (Å²) in [7, 11) is -5.83. The van der Waals surface area contributed by atoms with Crippen molar-refractivity contribution in [2.24, 2.45) is 0 Å². The maximum absolute atomic E-state index is 12.8. The van der Waals surface area contributed by atoms with Crippen LogP contribution in [0.2, 0.25) is 0 Å². The molecule has 1 heterocycles.